The number of carbonyl (C=O) groups excluding carboxylic acids is 1. The maximum atomic E-state index is 11.0. The molecular formula is C10H21NO5. The van der Waals surface area contributed by atoms with E-state index in [0.29, 0.717) is 0 Å². The fourth-order valence-electron chi connectivity index (χ4n) is 1.05. The summed E-state index contributed by atoms with van der Waals surface area (Å²) in [5.74, 6) is -0.453. The molecule has 6 nitrogen and oxygen atoms in total. The van der Waals surface area contributed by atoms with Gasteiger partial charge in [0.25, 0.3) is 0 Å². The Morgan fingerprint density at radius 3 is 2.69 bits per heavy atom. The number of aliphatic hydroxyl groups is 3. The third-order valence-electron chi connectivity index (χ3n) is 1.93. The fraction of sp³-hybridized carbons (Fsp3) is 0.900. The summed E-state index contributed by atoms with van der Waals surface area (Å²) in [4.78, 5) is 11.0. The molecule has 0 aromatic heterocycles. The lowest BCUT2D eigenvalue weighted by Crippen LogP contribution is -2.43. The summed E-state index contributed by atoms with van der Waals surface area (Å²) in [6.07, 6.45) is -0.934. The largest absolute Gasteiger partial charge is 0.466 e. The van der Waals surface area contributed by atoms with Gasteiger partial charge in [-0.1, -0.05) is 0 Å². The Balaban J connectivity index is 3.65. The highest BCUT2D eigenvalue weighted by Gasteiger charge is 2.19. The molecule has 0 aliphatic carbocycles. The topological polar surface area (TPSA) is 99.0 Å². The Morgan fingerprint density at radius 1 is 1.56 bits per heavy atom. The van der Waals surface area contributed by atoms with Crippen LogP contribution >= 0.6 is 0 Å². The first-order valence-electron chi connectivity index (χ1n) is 5.29. The van der Waals surface area contributed by atoms with Crippen molar-refractivity contribution in [3.05, 3.63) is 0 Å². The van der Waals surface area contributed by atoms with Crippen molar-refractivity contribution >= 4 is 5.97 Å². The SMILES string of the molecule is CCOC(=O)CC(O)CNCC(C)(O)CO. The predicted molar refractivity (Wildman–Crippen MR) is 57.8 cm³/mol. The van der Waals surface area contributed by atoms with E-state index in [2.05, 4.69) is 10.1 Å². The van der Waals surface area contributed by atoms with Gasteiger partial charge in [0.05, 0.1) is 31.3 Å². The molecule has 0 bridgehead atoms. The van der Waals surface area contributed by atoms with Crippen molar-refractivity contribution in [2.45, 2.75) is 32.0 Å². The first-order chi connectivity index (χ1) is 7.41. The van der Waals surface area contributed by atoms with Crippen LogP contribution in [0.4, 0.5) is 0 Å². The minimum Gasteiger partial charge on any atom is -0.466 e. The molecule has 0 aliphatic rings. The van der Waals surface area contributed by atoms with Crippen molar-refractivity contribution < 1.29 is 24.9 Å². The van der Waals surface area contributed by atoms with E-state index in [1.165, 1.54) is 6.92 Å². The first kappa shape index (κ1) is 15.3. The summed E-state index contributed by atoms with van der Waals surface area (Å²) >= 11 is 0. The molecular weight excluding hydrogens is 214 g/mol. The molecule has 0 radical (unpaired) electrons. The summed E-state index contributed by atoms with van der Waals surface area (Å²) in [5, 5.41) is 30.3. The maximum absolute atomic E-state index is 11.0. The molecule has 0 rings (SSSR count). The zero-order valence-corrected chi connectivity index (χ0v) is 9.77. The van der Waals surface area contributed by atoms with Gasteiger partial charge < -0.3 is 25.4 Å². The van der Waals surface area contributed by atoms with Gasteiger partial charge in [-0.15, -0.1) is 0 Å². The van der Waals surface area contributed by atoms with E-state index in [-0.39, 0.29) is 32.7 Å². The van der Waals surface area contributed by atoms with E-state index in [9.17, 15) is 15.0 Å². The zero-order valence-electron chi connectivity index (χ0n) is 9.77. The maximum Gasteiger partial charge on any atom is 0.308 e. The number of hydrogen-bond acceptors (Lipinski definition) is 6. The van der Waals surface area contributed by atoms with Crippen molar-refractivity contribution in [2.75, 3.05) is 26.3 Å². The van der Waals surface area contributed by atoms with Gasteiger partial charge in [0.2, 0.25) is 0 Å². The van der Waals surface area contributed by atoms with Crippen LogP contribution in [0.1, 0.15) is 20.3 Å². The molecule has 96 valence electrons. The molecule has 2 atom stereocenters. The fourth-order valence-corrected chi connectivity index (χ4v) is 1.05. The molecule has 0 spiro atoms. The molecule has 0 saturated carbocycles. The van der Waals surface area contributed by atoms with Crippen molar-refractivity contribution in [3.63, 3.8) is 0 Å². The number of esters is 1. The molecule has 6 heteroatoms. The van der Waals surface area contributed by atoms with Gasteiger partial charge in [-0.25, -0.2) is 0 Å². The Kier molecular flexibility index (Phi) is 7.24. The monoisotopic (exact) mass is 235 g/mol. The second-order valence-corrected chi connectivity index (χ2v) is 3.95. The van der Waals surface area contributed by atoms with E-state index in [4.69, 9.17) is 5.11 Å². The molecule has 0 aromatic carbocycles. The van der Waals surface area contributed by atoms with Crippen molar-refractivity contribution in [2.24, 2.45) is 0 Å². The van der Waals surface area contributed by atoms with Crippen LogP contribution in [-0.4, -0.2) is 59.3 Å². The summed E-state index contributed by atoms with van der Waals surface area (Å²) in [6.45, 7) is 3.39. The number of hydrogen-bond donors (Lipinski definition) is 4. The molecule has 0 amide bonds. The van der Waals surface area contributed by atoms with Crippen LogP contribution in [0.3, 0.4) is 0 Å². The Morgan fingerprint density at radius 2 is 2.19 bits per heavy atom. The Labute approximate surface area is 95.2 Å². The summed E-state index contributed by atoms with van der Waals surface area (Å²) in [5.41, 5.74) is -1.22. The van der Waals surface area contributed by atoms with E-state index in [1.54, 1.807) is 6.92 Å². The highest BCUT2D eigenvalue weighted by Crippen LogP contribution is 1.99. The molecule has 0 aromatic rings. The molecule has 0 saturated heterocycles. The quantitative estimate of drug-likeness (QED) is 0.388. The number of nitrogens with one attached hydrogen (secondary N) is 1. The molecule has 0 fully saturated rings. The van der Waals surface area contributed by atoms with Gasteiger partial charge >= 0.3 is 5.97 Å². The average Bonchev–Trinajstić information content (AvgIpc) is 2.17. The van der Waals surface area contributed by atoms with Crippen LogP contribution in [0, 0.1) is 0 Å². The molecule has 16 heavy (non-hydrogen) atoms. The zero-order chi connectivity index (χ0) is 12.6. The normalized spacial score (nSPS) is 16.6. The minimum atomic E-state index is -1.22. The highest BCUT2D eigenvalue weighted by molar-refractivity contribution is 5.69. The van der Waals surface area contributed by atoms with Gasteiger partial charge in [-0.05, 0) is 13.8 Å². The van der Waals surface area contributed by atoms with Crippen molar-refractivity contribution in [1.29, 1.82) is 0 Å². The van der Waals surface area contributed by atoms with Crippen LogP contribution in [-0.2, 0) is 9.53 Å². The third-order valence-corrected chi connectivity index (χ3v) is 1.93. The van der Waals surface area contributed by atoms with Crippen molar-refractivity contribution in [3.8, 4) is 0 Å². The summed E-state index contributed by atoms with van der Waals surface area (Å²) in [7, 11) is 0. The van der Waals surface area contributed by atoms with Crippen LogP contribution in [0.5, 0.6) is 0 Å². The van der Waals surface area contributed by atoms with Crippen molar-refractivity contribution in [1.82, 2.24) is 5.32 Å². The van der Waals surface area contributed by atoms with E-state index >= 15 is 0 Å². The number of carbonyl (C=O) groups is 1. The summed E-state index contributed by atoms with van der Waals surface area (Å²) < 4.78 is 4.66. The Bertz CT molecular complexity index is 207. The number of ether oxygens (including phenoxy) is 1. The van der Waals surface area contributed by atoms with Gasteiger partial charge in [-0.2, -0.15) is 0 Å². The number of rotatable bonds is 8. The lowest BCUT2D eigenvalue weighted by atomic mass is 10.1. The lowest BCUT2D eigenvalue weighted by molar-refractivity contribution is -0.145. The third kappa shape index (κ3) is 7.58. The predicted octanol–water partition coefficient (Wildman–Crippen LogP) is -1.37. The standard InChI is InChI=1S/C10H21NO5/c1-3-16-9(14)4-8(13)5-11-6-10(2,15)7-12/h8,11-13,15H,3-7H2,1-2H3. The van der Waals surface area contributed by atoms with Crippen LogP contribution in [0.25, 0.3) is 0 Å². The Hall–Kier alpha value is -0.690. The highest BCUT2D eigenvalue weighted by atomic mass is 16.5. The minimum absolute atomic E-state index is 0.0812. The van der Waals surface area contributed by atoms with Gasteiger partial charge in [0.1, 0.15) is 0 Å². The second-order valence-electron chi connectivity index (χ2n) is 3.95. The summed E-state index contributed by atoms with van der Waals surface area (Å²) in [6, 6.07) is 0. The first-order valence-corrected chi connectivity index (χ1v) is 5.29. The number of aliphatic hydroxyl groups excluding tert-OH is 2. The van der Waals surface area contributed by atoms with Gasteiger partial charge in [0.15, 0.2) is 0 Å². The van der Waals surface area contributed by atoms with E-state index in [0.717, 1.165) is 0 Å². The lowest BCUT2D eigenvalue weighted by Gasteiger charge is -2.21. The van der Waals surface area contributed by atoms with Crippen LogP contribution < -0.4 is 5.32 Å². The van der Waals surface area contributed by atoms with E-state index < -0.39 is 17.7 Å². The van der Waals surface area contributed by atoms with Crippen LogP contribution in [0.2, 0.25) is 0 Å². The van der Waals surface area contributed by atoms with Gasteiger partial charge in [0, 0.05) is 13.1 Å². The molecule has 0 aliphatic heterocycles. The second kappa shape index (κ2) is 7.56. The van der Waals surface area contributed by atoms with Gasteiger partial charge in [-0.3, -0.25) is 4.79 Å². The van der Waals surface area contributed by atoms with E-state index in [1.807, 2.05) is 0 Å². The average molecular weight is 235 g/mol. The smallest absolute Gasteiger partial charge is 0.308 e. The molecule has 0 heterocycles. The molecule has 2 unspecified atom stereocenters. The van der Waals surface area contributed by atoms with Crippen LogP contribution in [0.15, 0.2) is 0 Å². The molecule has 4 N–H and O–H groups in total.